The number of rotatable bonds is 0. The fraction of sp³-hybridized carbons (Fsp3) is 0. The van der Waals surface area contributed by atoms with Crippen molar-refractivity contribution in [3.05, 3.63) is 24.9 Å². The predicted molar refractivity (Wildman–Crippen MR) is 36.6 cm³/mol. The van der Waals surface area contributed by atoms with Gasteiger partial charge in [-0.05, 0) is 0 Å². The lowest BCUT2D eigenvalue weighted by Crippen LogP contribution is -2.05. The van der Waals surface area contributed by atoms with Crippen LogP contribution in [-0.2, 0) is 0 Å². The molecule has 0 unspecified atom stereocenters. The Morgan fingerprint density at radius 1 is 1.55 bits per heavy atom. The smallest absolute Gasteiger partial charge is 0.417 e. The topological polar surface area (TPSA) is 59.5 Å². The zero-order chi connectivity index (χ0) is 7.84. The Balaban J connectivity index is 2.78. The molecule has 0 aliphatic carbocycles. The Morgan fingerprint density at radius 2 is 2.36 bits per heavy atom. The number of nitrogens with zero attached hydrogens (tertiary/aromatic N) is 3. The van der Waals surface area contributed by atoms with Crippen LogP contribution in [0, 0.1) is 0 Å². The molecule has 0 saturated carbocycles. The highest BCUT2D eigenvalue weighted by molar-refractivity contribution is 5.73. The first kappa shape index (κ1) is 5.96. The first-order valence-electron chi connectivity index (χ1n) is 3.01. The van der Waals surface area contributed by atoms with Crippen LogP contribution in [0.25, 0.3) is 5.65 Å². The summed E-state index contributed by atoms with van der Waals surface area (Å²) in [4.78, 5) is 14.3. The van der Waals surface area contributed by atoms with Crippen molar-refractivity contribution in [1.82, 2.24) is 14.0 Å². The van der Waals surface area contributed by atoms with Crippen molar-refractivity contribution in [3.8, 4) is 0 Å². The largest absolute Gasteiger partial charge is 0.464 e. The average Bonchev–Trinajstić information content (AvgIpc) is 2.41. The molecule has 5 heteroatoms. The van der Waals surface area contributed by atoms with Gasteiger partial charge in [0.15, 0.2) is 0 Å². The quantitative estimate of drug-likeness (QED) is 0.601. The van der Waals surface area contributed by atoms with Crippen LogP contribution < -0.4 is 0 Å². The van der Waals surface area contributed by atoms with E-state index >= 15 is 0 Å². The second-order valence-electron chi connectivity index (χ2n) is 2.11. The third-order valence-corrected chi connectivity index (χ3v) is 1.47. The summed E-state index contributed by atoms with van der Waals surface area (Å²) in [5.74, 6) is 0. The first-order valence-corrected chi connectivity index (χ1v) is 3.01. The summed E-state index contributed by atoms with van der Waals surface area (Å²) < 4.78 is 2.74. The Kier molecular flexibility index (Phi) is 1.00. The molecule has 0 aliphatic heterocycles. The molecule has 0 saturated heterocycles. The molecular formula is C6H5N3O2. The standard InChI is InChI=1S/C6H5N3O2/c10-6(11)9-2-1-8-4-7-3-5(8)9/h1-4H,(H,10,11). The molecule has 0 atom stereocenters. The number of imidazole rings is 2. The van der Waals surface area contributed by atoms with Gasteiger partial charge in [0.05, 0.1) is 6.20 Å². The molecule has 2 aromatic heterocycles. The molecule has 5 nitrogen and oxygen atoms in total. The minimum absolute atomic E-state index is 0.553. The summed E-state index contributed by atoms with van der Waals surface area (Å²) in [6.45, 7) is 0. The van der Waals surface area contributed by atoms with Gasteiger partial charge in [0.25, 0.3) is 0 Å². The molecule has 2 heterocycles. The van der Waals surface area contributed by atoms with E-state index in [4.69, 9.17) is 5.11 Å². The van der Waals surface area contributed by atoms with E-state index < -0.39 is 6.09 Å². The average molecular weight is 151 g/mol. The molecule has 11 heavy (non-hydrogen) atoms. The third kappa shape index (κ3) is 0.706. The number of hydrogen-bond donors (Lipinski definition) is 1. The lowest BCUT2D eigenvalue weighted by Gasteiger charge is -1.90. The molecule has 56 valence electrons. The van der Waals surface area contributed by atoms with E-state index in [-0.39, 0.29) is 0 Å². The van der Waals surface area contributed by atoms with Crippen LogP contribution in [0.15, 0.2) is 24.9 Å². The van der Waals surface area contributed by atoms with Gasteiger partial charge < -0.3 is 5.11 Å². The predicted octanol–water partition coefficient (Wildman–Crippen LogP) is 0.662. The number of hydrogen-bond acceptors (Lipinski definition) is 2. The molecule has 0 aliphatic rings. The summed E-state index contributed by atoms with van der Waals surface area (Å²) in [5, 5.41) is 8.61. The Bertz CT molecular complexity index is 401. The summed E-state index contributed by atoms with van der Waals surface area (Å²) in [6, 6.07) is 0. The second-order valence-corrected chi connectivity index (χ2v) is 2.11. The highest BCUT2D eigenvalue weighted by Crippen LogP contribution is 2.02. The lowest BCUT2D eigenvalue weighted by molar-refractivity contribution is 0.197. The van der Waals surface area contributed by atoms with Gasteiger partial charge in [0.1, 0.15) is 12.0 Å². The van der Waals surface area contributed by atoms with E-state index in [0.29, 0.717) is 5.65 Å². The van der Waals surface area contributed by atoms with Crippen LogP contribution >= 0.6 is 0 Å². The van der Waals surface area contributed by atoms with Crippen LogP contribution in [-0.4, -0.2) is 25.2 Å². The zero-order valence-corrected chi connectivity index (χ0v) is 5.51. The van der Waals surface area contributed by atoms with E-state index in [0.717, 1.165) is 4.57 Å². The van der Waals surface area contributed by atoms with Gasteiger partial charge >= 0.3 is 6.09 Å². The zero-order valence-electron chi connectivity index (χ0n) is 5.51. The highest BCUT2D eigenvalue weighted by atomic mass is 16.4. The third-order valence-electron chi connectivity index (χ3n) is 1.47. The molecule has 0 bridgehead atoms. The van der Waals surface area contributed by atoms with Gasteiger partial charge in [-0.3, -0.25) is 4.40 Å². The first-order chi connectivity index (χ1) is 5.29. The minimum Gasteiger partial charge on any atom is -0.464 e. The van der Waals surface area contributed by atoms with Crippen LogP contribution in [0.2, 0.25) is 0 Å². The summed E-state index contributed by atoms with van der Waals surface area (Å²) in [5.41, 5.74) is 0.553. The van der Waals surface area contributed by atoms with Gasteiger partial charge in [-0.2, -0.15) is 0 Å². The van der Waals surface area contributed by atoms with Crippen LogP contribution in [0.4, 0.5) is 4.79 Å². The summed E-state index contributed by atoms with van der Waals surface area (Å²) in [7, 11) is 0. The van der Waals surface area contributed by atoms with Crippen molar-refractivity contribution in [2.45, 2.75) is 0 Å². The maximum Gasteiger partial charge on any atom is 0.417 e. The maximum absolute atomic E-state index is 10.5. The Morgan fingerprint density at radius 3 is 3.09 bits per heavy atom. The summed E-state index contributed by atoms with van der Waals surface area (Å²) in [6.07, 6.45) is 5.15. The molecule has 0 radical (unpaired) electrons. The van der Waals surface area contributed by atoms with Crippen molar-refractivity contribution < 1.29 is 9.90 Å². The number of carboxylic acid groups (broad SMARTS) is 1. The van der Waals surface area contributed by atoms with Crippen molar-refractivity contribution in [2.24, 2.45) is 0 Å². The Hall–Kier alpha value is -1.78. The van der Waals surface area contributed by atoms with Gasteiger partial charge in [0.2, 0.25) is 0 Å². The highest BCUT2D eigenvalue weighted by Gasteiger charge is 2.05. The lowest BCUT2D eigenvalue weighted by atomic mass is 10.8. The van der Waals surface area contributed by atoms with Crippen LogP contribution in [0.5, 0.6) is 0 Å². The van der Waals surface area contributed by atoms with E-state index in [1.807, 2.05) is 0 Å². The van der Waals surface area contributed by atoms with Gasteiger partial charge in [0, 0.05) is 12.4 Å². The second kappa shape index (κ2) is 1.85. The van der Waals surface area contributed by atoms with Crippen molar-refractivity contribution in [3.63, 3.8) is 0 Å². The van der Waals surface area contributed by atoms with Gasteiger partial charge in [-0.15, -0.1) is 0 Å². The molecule has 1 N–H and O–H groups in total. The number of aromatic nitrogens is 3. The van der Waals surface area contributed by atoms with Crippen LogP contribution in [0.1, 0.15) is 0 Å². The van der Waals surface area contributed by atoms with Crippen molar-refractivity contribution >= 4 is 11.7 Å². The van der Waals surface area contributed by atoms with E-state index in [2.05, 4.69) is 4.98 Å². The van der Waals surface area contributed by atoms with Crippen LogP contribution in [0.3, 0.4) is 0 Å². The van der Waals surface area contributed by atoms with E-state index in [1.165, 1.54) is 12.4 Å². The molecule has 2 rings (SSSR count). The maximum atomic E-state index is 10.5. The number of carbonyl (C=O) groups is 1. The monoisotopic (exact) mass is 151 g/mol. The SMILES string of the molecule is O=C(O)n1ccn2cncc12. The molecule has 0 amide bonds. The molecule has 2 aromatic rings. The van der Waals surface area contributed by atoms with Crippen molar-refractivity contribution in [2.75, 3.05) is 0 Å². The minimum atomic E-state index is -1.000. The Labute approximate surface area is 61.5 Å². The van der Waals surface area contributed by atoms with E-state index in [1.54, 1.807) is 16.9 Å². The molecular weight excluding hydrogens is 146 g/mol. The molecule has 0 fully saturated rings. The van der Waals surface area contributed by atoms with E-state index in [9.17, 15) is 4.79 Å². The summed E-state index contributed by atoms with van der Waals surface area (Å²) >= 11 is 0. The molecule has 0 spiro atoms. The fourth-order valence-electron chi connectivity index (χ4n) is 0.976. The van der Waals surface area contributed by atoms with Gasteiger partial charge in [-0.1, -0.05) is 0 Å². The number of fused-ring (bicyclic) bond motifs is 1. The molecule has 0 aromatic carbocycles. The fourth-order valence-corrected chi connectivity index (χ4v) is 0.976. The normalized spacial score (nSPS) is 10.5. The van der Waals surface area contributed by atoms with Crippen molar-refractivity contribution in [1.29, 1.82) is 0 Å². The van der Waals surface area contributed by atoms with Gasteiger partial charge in [-0.25, -0.2) is 14.3 Å².